The van der Waals surface area contributed by atoms with Gasteiger partial charge in [0.2, 0.25) is 0 Å². The van der Waals surface area contributed by atoms with E-state index in [0.717, 1.165) is 30.5 Å². The van der Waals surface area contributed by atoms with E-state index < -0.39 is 0 Å². The molecule has 0 aliphatic carbocycles. The summed E-state index contributed by atoms with van der Waals surface area (Å²) < 4.78 is 0. The number of carbonyl (C=O) groups is 1. The molecule has 1 fully saturated rings. The number of likely N-dealkylation sites (tertiary alicyclic amines) is 1. The van der Waals surface area contributed by atoms with Crippen LogP contribution < -0.4 is 0 Å². The van der Waals surface area contributed by atoms with E-state index in [9.17, 15) is 9.90 Å². The Morgan fingerprint density at radius 3 is 2.59 bits per heavy atom. The van der Waals surface area contributed by atoms with Crippen molar-refractivity contribution >= 4 is 5.91 Å². The van der Waals surface area contributed by atoms with Gasteiger partial charge >= 0.3 is 0 Å². The normalized spacial score (nSPS) is 15.0. The van der Waals surface area contributed by atoms with Crippen LogP contribution in [0.2, 0.25) is 0 Å². The quantitative estimate of drug-likeness (QED) is 0.744. The lowest BCUT2D eigenvalue weighted by atomic mass is 9.93. The third kappa shape index (κ3) is 3.87. The Morgan fingerprint density at radius 1 is 1.11 bits per heavy atom. The average Bonchev–Trinajstić information content (AvgIpc) is 3.25. The van der Waals surface area contributed by atoms with Gasteiger partial charge in [-0.2, -0.15) is 0 Å². The number of amides is 1. The van der Waals surface area contributed by atoms with Gasteiger partial charge in [-0.15, -0.1) is 0 Å². The molecule has 1 aromatic heterocycles. The van der Waals surface area contributed by atoms with Crippen LogP contribution in [-0.4, -0.2) is 39.0 Å². The maximum absolute atomic E-state index is 13.0. The molecule has 1 saturated heterocycles. The number of imidazole rings is 1. The zero-order valence-electron chi connectivity index (χ0n) is 15.1. The Balaban J connectivity index is 1.46. The van der Waals surface area contributed by atoms with E-state index in [-0.39, 0.29) is 11.7 Å². The van der Waals surface area contributed by atoms with Gasteiger partial charge in [0.05, 0.1) is 11.9 Å². The molecule has 3 aromatic rings. The molecule has 2 heterocycles. The van der Waals surface area contributed by atoms with Gasteiger partial charge in [-0.3, -0.25) is 4.79 Å². The Morgan fingerprint density at radius 2 is 1.89 bits per heavy atom. The predicted molar refractivity (Wildman–Crippen MR) is 104 cm³/mol. The lowest BCUT2D eigenvalue weighted by molar-refractivity contribution is 0.0709. The number of benzene rings is 2. The smallest absolute Gasteiger partial charge is 0.257 e. The van der Waals surface area contributed by atoms with Crippen LogP contribution in [0.5, 0.6) is 5.75 Å². The molecule has 5 nitrogen and oxygen atoms in total. The minimum absolute atomic E-state index is 0.0486. The fraction of sp³-hybridized carbons (Fsp3) is 0.273. The van der Waals surface area contributed by atoms with E-state index >= 15 is 0 Å². The molecule has 138 valence electrons. The number of aromatic nitrogens is 2. The summed E-state index contributed by atoms with van der Waals surface area (Å²) in [4.78, 5) is 22.1. The molecule has 0 radical (unpaired) electrons. The van der Waals surface area contributed by atoms with Gasteiger partial charge in [-0.1, -0.05) is 36.4 Å². The Kier molecular flexibility index (Phi) is 4.92. The number of hydrogen-bond acceptors (Lipinski definition) is 3. The summed E-state index contributed by atoms with van der Waals surface area (Å²) in [6.45, 7) is 1.37. The van der Waals surface area contributed by atoms with E-state index in [1.165, 1.54) is 5.56 Å². The van der Waals surface area contributed by atoms with Gasteiger partial charge in [-0.25, -0.2) is 4.98 Å². The second kappa shape index (κ2) is 7.66. The first-order valence-electron chi connectivity index (χ1n) is 9.34. The highest BCUT2D eigenvalue weighted by molar-refractivity contribution is 5.97. The van der Waals surface area contributed by atoms with Crippen LogP contribution in [0.4, 0.5) is 0 Å². The molecule has 27 heavy (non-hydrogen) atoms. The van der Waals surface area contributed by atoms with E-state index in [4.69, 9.17) is 0 Å². The zero-order chi connectivity index (χ0) is 18.6. The van der Waals surface area contributed by atoms with Crippen molar-refractivity contribution in [1.82, 2.24) is 14.9 Å². The third-order valence-electron chi connectivity index (χ3n) is 5.28. The molecular formula is C22H23N3O2. The number of H-pyrrole nitrogens is 1. The molecule has 0 bridgehead atoms. The van der Waals surface area contributed by atoms with Crippen LogP contribution in [0, 0.1) is 0 Å². The van der Waals surface area contributed by atoms with Crippen molar-refractivity contribution in [3.05, 3.63) is 83.4 Å². The molecule has 0 saturated carbocycles. The van der Waals surface area contributed by atoms with Gasteiger partial charge in [-0.05, 0) is 42.5 Å². The molecule has 4 rings (SSSR count). The summed E-state index contributed by atoms with van der Waals surface area (Å²) >= 11 is 0. The number of nitrogens with zero attached hydrogens (tertiary/aromatic N) is 2. The van der Waals surface area contributed by atoms with E-state index in [1.807, 2.05) is 41.4 Å². The van der Waals surface area contributed by atoms with Crippen LogP contribution in [0.1, 0.15) is 45.9 Å². The second-order valence-electron chi connectivity index (χ2n) is 7.09. The molecule has 1 amide bonds. The molecular weight excluding hydrogens is 338 g/mol. The maximum atomic E-state index is 13.0. The number of rotatable bonds is 4. The van der Waals surface area contributed by atoms with Crippen molar-refractivity contribution < 1.29 is 9.90 Å². The van der Waals surface area contributed by atoms with Gasteiger partial charge in [0.1, 0.15) is 5.75 Å². The first kappa shape index (κ1) is 17.3. The van der Waals surface area contributed by atoms with Gasteiger partial charge in [0, 0.05) is 30.9 Å². The van der Waals surface area contributed by atoms with Crippen molar-refractivity contribution in [2.75, 3.05) is 13.1 Å². The molecule has 2 aromatic carbocycles. The largest absolute Gasteiger partial charge is 0.507 e. The topological polar surface area (TPSA) is 69.2 Å². The molecule has 0 atom stereocenters. The van der Waals surface area contributed by atoms with Crippen molar-refractivity contribution in [2.24, 2.45) is 0 Å². The second-order valence-corrected chi connectivity index (χ2v) is 7.09. The number of phenolic OH excluding ortho intramolecular Hbond substituents is 1. The number of carbonyl (C=O) groups excluding carboxylic acids is 1. The van der Waals surface area contributed by atoms with Crippen LogP contribution in [-0.2, 0) is 6.42 Å². The van der Waals surface area contributed by atoms with E-state index in [0.29, 0.717) is 24.6 Å². The van der Waals surface area contributed by atoms with Crippen molar-refractivity contribution in [3.63, 3.8) is 0 Å². The van der Waals surface area contributed by atoms with Crippen molar-refractivity contribution in [1.29, 1.82) is 0 Å². The molecule has 1 aliphatic rings. The average molecular weight is 361 g/mol. The monoisotopic (exact) mass is 361 g/mol. The SMILES string of the molecule is O=C(c1cc(Cc2ccccc2)ccc1O)N1CCC(c2cnc[nH]2)CC1. The molecule has 1 aliphatic heterocycles. The summed E-state index contributed by atoms with van der Waals surface area (Å²) in [5, 5.41) is 10.2. The van der Waals surface area contributed by atoms with Crippen molar-refractivity contribution in [3.8, 4) is 5.75 Å². The Hall–Kier alpha value is -3.08. The number of aromatic amines is 1. The minimum atomic E-state index is -0.0922. The third-order valence-corrected chi connectivity index (χ3v) is 5.28. The summed E-state index contributed by atoms with van der Waals surface area (Å²) in [6.07, 6.45) is 6.10. The number of phenols is 1. The van der Waals surface area contributed by atoms with Crippen molar-refractivity contribution in [2.45, 2.75) is 25.2 Å². The first-order valence-corrected chi connectivity index (χ1v) is 9.34. The van der Waals surface area contributed by atoms with Crippen LogP contribution in [0.25, 0.3) is 0 Å². The van der Waals surface area contributed by atoms with Gasteiger partial charge < -0.3 is 15.0 Å². The molecule has 2 N–H and O–H groups in total. The lowest BCUT2D eigenvalue weighted by Gasteiger charge is -2.31. The number of piperidine rings is 1. The lowest BCUT2D eigenvalue weighted by Crippen LogP contribution is -2.38. The highest BCUT2D eigenvalue weighted by atomic mass is 16.3. The fourth-order valence-electron chi connectivity index (χ4n) is 3.75. The predicted octanol–water partition coefficient (Wildman–Crippen LogP) is 3.73. The van der Waals surface area contributed by atoms with E-state index in [2.05, 4.69) is 22.1 Å². The molecule has 0 unspecified atom stereocenters. The first-order chi connectivity index (χ1) is 13.2. The standard InChI is InChI=1S/C22H23N3O2/c26-21-7-6-17(12-16-4-2-1-3-5-16)13-19(21)22(27)25-10-8-18(9-11-25)20-14-23-15-24-20/h1-7,13-15,18,26H,8-12H2,(H,23,24). The van der Waals surface area contributed by atoms with Gasteiger partial charge in [0.15, 0.2) is 0 Å². The number of hydrogen-bond donors (Lipinski definition) is 2. The number of nitrogens with one attached hydrogen (secondary N) is 1. The Bertz CT molecular complexity index is 899. The molecule has 0 spiro atoms. The zero-order valence-corrected chi connectivity index (χ0v) is 15.1. The fourth-order valence-corrected chi connectivity index (χ4v) is 3.75. The summed E-state index contributed by atoms with van der Waals surface area (Å²) in [6, 6.07) is 15.5. The highest BCUT2D eigenvalue weighted by Crippen LogP contribution is 2.29. The van der Waals surface area contributed by atoms with Crippen LogP contribution in [0.15, 0.2) is 61.1 Å². The van der Waals surface area contributed by atoms with Crippen LogP contribution in [0.3, 0.4) is 0 Å². The molecule has 5 heteroatoms. The Labute approximate surface area is 158 Å². The summed E-state index contributed by atoms with van der Waals surface area (Å²) in [7, 11) is 0. The summed E-state index contributed by atoms with van der Waals surface area (Å²) in [5.41, 5.74) is 3.73. The van der Waals surface area contributed by atoms with Crippen LogP contribution >= 0.6 is 0 Å². The number of aromatic hydroxyl groups is 1. The van der Waals surface area contributed by atoms with E-state index in [1.54, 1.807) is 12.4 Å². The maximum Gasteiger partial charge on any atom is 0.257 e. The highest BCUT2D eigenvalue weighted by Gasteiger charge is 2.26. The minimum Gasteiger partial charge on any atom is -0.507 e. The summed E-state index contributed by atoms with van der Waals surface area (Å²) in [5.74, 6) is 0.368. The van der Waals surface area contributed by atoms with Gasteiger partial charge in [0.25, 0.3) is 5.91 Å².